The van der Waals surface area contributed by atoms with E-state index in [9.17, 15) is 9.59 Å². The summed E-state index contributed by atoms with van der Waals surface area (Å²) in [5.41, 5.74) is 0. The van der Waals surface area contributed by atoms with E-state index in [0.29, 0.717) is 19.4 Å². The Bertz CT molecular complexity index is 1070. The number of hydrogen-bond acceptors (Lipinski definition) is 5. The Kier molecular flexibility index (Phi) is 50.9. The average Bonchev–Trinajstić information content (AvgIpc) is 3.27. The van der Waals surface area contributed by atoms with E-state index in [4.69, 9.17) is 14.2 Å². The first-order chi connectivity index (χ1) is 30.6. The highest BCUT2D eigenvalue weighted by molar-refractivity contribution is 5.70. The van der Waals surface area contributed by atoms with Crippen LogP contribution >= 0.6 is 0 Å². The SMILES string of the molecule is CCCCC/C=C\C/C=C\C/C=C\CCCCCCCCC(=O)OCC(COCCCCCCCC/C=C\CCCCCC)OC(=O)CCCCCCC/C=C\CCCCCC. The van der Waals surface area contributed by atoms with Crippen LogP contribution in [-0.4, -0.2) is 37.9 Å². The summed E-state index contributed by atoms with van der Waals surface area (Å²) in [4.78, 5) is 25.4. The maximum atomic E-state index is 12.8. The van der Waals surface area contributed by atoms with Crippen LogP contribution in [-0.2, 0) is 23.8 Å². The Morgan fingerprint density at radius 1 is 0.355 bits per heavy atom. The van der Waals surface area contributed by atoms with Crippen LogP contribution in [0.15, 0.2) is 60.8 Å². The molecule has 0 aliphatic heterocycles. The van der Waals surface area contributed by atoms with Gasteiger partial charge in [-0.05, 0) is 109 Å². The Balaban J connectivity index is 4.28. The van der Waals surface area contributed by atoms with E-state index < -0.39 is 6.10 Å². The molecule has 0 fully saturated rings. The number of ether oxygens (including phenoxy) is 3. The standard InChI is InChI=1S/C57H102O5/c1-4-7-10-13-16-19-22-25-27-28-29-30-31-33-35-38-41-44-47-50-56(58)61-54-55(53-60-52-49-46-43-40-37-34-26-23-20-17-14-11-8-5-2)62-57(59)51-48-45-42-39-36-32-24-21-18-15-12-9-6-3/h16,19-21,23-25,27,29-30,55H,4-15,17-18,22,26,28,31-54H2,1-3H3/b19-16-,23-20-,24-21-,27-25-,30-29-. The molecule has 0 radical (unpaired) electrons. The lowest BCUT2D eigenvalue weighted by Gasteiger charge is -2.18. The summed E-state index contributed by atoms with van der Waals surface area (Å²) in [5.74, 6) is -0.419. The van der Waals surface area contributed by atoms with Gasteiger partial charge in [0.25, 0.3) is 0 Å². The molecule has 5 nitrogen and oxygen atoms in total. The molecule has 0 rings (SSSR count). The van der Waals surface area contributed by atoms with Crippen LogP contribution in [0, 0.1) is 0 Å². The maximum absolute atomic E-state index is 12.8. The molecule has 0 amide bonds. The fourth-order valence-electron chi connectivity index (χ4n) is 7.45. The molecule has 0 aliphatic carbocycles. The van der Waals surface area contributed by atoms with Gasteiger partial charge in [-0.25, -0.2) is 0 Å². The normalized spacial score (nSPS) is 12.6. The fourth-order valence-corrected chi connectivity index (χ4v) is 7.45. The number of allylic oxidation sites excluding steroid dienone is 10. The van der Waals surface area contributed by atoms with E-state index in [1.54, 1.807) is 0 Å². The summed E-state index contributed by atoms with van der Waals surface area (Å²) < 4.78 is 17.4. The third-order valence-electron chi connectivity index (χ3n) is 11.5. The topological polar surface area (TPSA) is 61.8 Å². The van der Waals surface area contributed by atoms with Gasteiger partial charge < -0.3 is 14.2 Å². The smallest absolute Gasteiger partial charge is 0.306 e. The van der Waals surface area contributed by atoms with Crippen molar-refractivity contribution in [1.82, 2.24) is 0 Å². The van der Waals surface area contributed by atoms with Crippen LogP contribution in [0.5, 0.6) is 0 Å². The summed E-state index contributed by atoms with van der Waals surface area (Å²) in [7, 11) is 0. The highest BCUT2D eigenvalue weighted by Crippen LogP contribution is 2.14. The largest absolute Gasteiger partial charge is 0.462 e. The predicted octanol–water partition coefficient (Wildman–Crippen LogP) is 18.1. The lowest BCUT2D eigenvalue weighted by atomic mass is 10.1. The van der Waals surface area contributed by atoms with Gasteiger partial charge in [0.1, 0.15) is 6.61 Å². The van der Waals surface area contributed by atoms with E-state index in [-0.39, 0.29) is 25.2 Å². The predicted molar refractivity (Wildman–Crippen MR) is 270 cm³/mol. The molecule has 0 bridgehead atoms. The van der Waals surface area contributed by atoms with Gasteiger partial charge >= 0.3 is 11.9 Å². The average molecular weight is 867 g/mol. The summed E-state index contributed by atoms with van der Waals surface area (Å²) >= 11 is 0. The molecule has 1 unspecified atom stereocenters. The lowest BCUT2D eigenvalue weighted by molar-refractivity contribution is -0.163. The van der Waals surface area contributed by atoms with Crippen molar-refractivity contribution in [1.29, 1.82) is 0 Å². The van der Waals surface area contributed by atoms with Crippen LogP contribution in [0.4, 0.5) is 0 Å². The van der Waals surface area contributed by atoms with Crippen molar-refractivity contribution in [3.63, 3.8) is 0 Å². The van der Waals surface area contributed by atoms with Crippen molar-refractivity contribution < 1.29 is 23.8 Å². The van der Waals surface area contributed by atoms with Crippen LogP contribution in [0.2, 0.25) is 0 Å². The zero-order chi connectivity index (χ0) is 44.9. The third-order valence-corrected chi connectivity index (χ3v) is 11.5. The van der Waals surface area contributed by atoms with Crippen molar-refractivity contribution in [2.45, 2.75) is 271 Å². The second kappa shape index (κ2) is 52.9. The number of hydrogen-bond donors (Lipinski definition) is 0. The highest BCUT2D eigenvalue weighted by Gasteiger charge is 2.17. The van der Waals surface area contributed by atoms with Gasteiger partial charge in [0.2, 0.25) is 0 Å². The maximum Gasteiger partial charge on any atom is 0.306 e. The molecule has 0 saturated carbocycles. The minimum atomic E-state index is -0.549. The zero-order valence-electron chi connectivity index (χ0n) is 41.4. The van der Waals surface area contributed by atoms with Crippen molar-refractivity contribution in [3.8, 4) is 0 Å². The quantitative estimate of drug-likeness (QED) is 0.0346. The summed E-state index contributed by atoms with van der Waals surface area (Å²) in [5, 5.41) is 0. The molecule has 0 aliphatic rings. The highest BCUT2D eigenvalue weighted by atomic mass is 16.6. The molecule has 0 aromatic rings. The van der Waals surface area contributed by atoms with Crippen molar-refractivity contribution >= 4 is 11.9 Å². The Morgan fingerprint density at radius 2 is 0.677 bits per heavy atom. The van der Waals surface area contributed by atoms with Gasteiger partial charge in [-0.1, -0.05) is 204 Å². The van der Waals surface area contributed by atoms with Crippen molar-refractivity contribution in [3.05, 3.63) is 60.8 Å². The van der Waals surface area contributed by atoms with Gasteiger partial charge in [0.15, 0.2) is 6.10 Å². The van der Waals surface area contributed by atoms with Crippen LogP contribution in [0.1, 0.15) is 265 Å². The fraction of sp³-hybridized carbons (Fsp3) is 0.789. The van der Waals surface area contributed by atoms with E-state index in [1.807, 2.05) is 0 Å². The van der Waals surface area contributed by atoms with Gasteiger partial charge in [-0.2, -0.15) is 0 Å². The third kappa shape index (κ3) is 50.2. The lowest BCUT2D eigenvalue weighted by Crippen LogP contribution is -2.30. The molecule has 0 N–H and O–H groups in total. The molecule has 0 aromatic carbocycles. The van der Waals surface area contributed by atoms with E-state index in [1.165, 1.54) is 154 Å². The monoisotopic (exact) mass is 867 g/mol. The first-order valence-electron chi connectivity index (χ1n) is 26.8. The minimum Gasteiger partial charge on any atom is -0.462 e. The van der Waals surface area contributed by atoms with Gasteiger partial charge in [0.05, 0.1) is 6.61 Å². The number of esters is 2. The molecule has 360 valence electrons. The van der Waals surface area contributed by atoms with Crippen molar-refractivity contribution in [2.75, 3.05) is 19.8 Å². The summed E-state index contributed by atoms with van der Waals surface area (Å²) in [6.07, 6.45) is 66.5. The minimum absolute atomic E-state index is 0.0728. The van der Waals surface area contributed by atoms with E-state index >= 15 is 0 Å². The Labute approximate surface area is 385 Å². The molecule has 62 heavy (non-hydrogen) atoms. The number of unbranched alkanes of at least 4 members (excludes halogenated alkanes) is 28. The molecular weight excluding hydrogens is 765 g/mol. The second-order valence-corrected chi connectivity index (χ2v) is 17.8. The molecule has 0 aromatic heterocycles. The molecule has 0 heterocycles. The first kappa shape index (κ1) is 59.6. The Morgan fingerprint density at radius 3 is 1.13 bits per heavy atom. The van der Waals surface area contributed by atoms with Crippen LogP contribution in [0.3, 0.4) is 0 Å². The van der Waals surface area contributed by atoms with Gasteiger partial charge in [-0.3, -0.25) is 9.59 Å². The number of rotatable bonds is 49. The van der Waals surface area contributed by atoms with E-state index in [0.717, 1.165) is 77.0 Å². The summed E-state index contributed by atoms with van der Waals surface area (Å²) in [6, 6.07) is 0. The van der Waals surface area contributed by atoms with Gasteiger partial charge in [-0.15, -0.1) is 0 Å². The number of carbonyl (C=O) groups excluding carboxylic acids is 2. The van der Waals surface area contributed by atoms with Crippen molar-refractivity contribution in [2.24, 2.45) is 0 Å². The van der Waals surface area contributed by atoms with E-state index in [2.05, 4.69) is 81.5 Å². The van der Waals surface area contributed by atoms with Crippen LogP contribution < -0.4 is 0 Å². The molecule has 5 heteroatoms. The van der Waals surface area contributed by atoms with Gasteiger partial charge in [0, 0.05) is 19.4 Å². The Hall–Kier alpha value is -2.40. The molecular formula is C57H102O5. The first-order valence-corrected chi connectivity index (χ1v) is 26.8. The van der Waals surface area contributed by atoms with Crippen LogP contribution in [0.25, 0.3) is 0 Å². The molecule has 0 spiro atoms. The number of carbonyl (C=O) groups is 2. The molecule has 0 saturated heterocycles. The second-order valence-electron chi connectivity index (χ2n) is 17.8. The molecule has 1 atom stereocenters. The summed E-state index contributed by atoms with van der Waals surface area (Å²) in [6.45, 7) is 7.76. The zero-order valence-corrected chi connectivity index (χ0v) is 41.4.